The van der Waals surface area contributed by atoms with Gasteiger partial charge in [0.1, 0.15) is 17.1 Å². The summed E-state index contributed by atoms with van der Waals surface area (Å²) in [6.07, 6.45) is 0. The van der Waals surface area contributed by atoms with Crippen LogP contribution < -0.4 is 9.47 Å². The van der Waals surface area contributed by atoms with E-state index in [0.717, 1.165) is 11.1 Å². The van der Waals surface area contributed by atoms with Crippen LogP contribution in [0.3, 0.4) is 0 Å². The van der Waals surface area contributed by atoms with Gasteiger partial charge in [-0.2, -0.15) is 4.74 Å². The zero-order valence-corrected chi connectivity index (χ0v) is 13.5. The van der Waals surface area contributed by atoms with E-state index in [1.54, 1.807) is 30.3 Å². The zero-order chi connectivity index (χ0) is 16.7. The maximum atomic E-state index is 12.7. The van der Waals surface area contributed by atoms with Gasteiger partial charge in [0.2, 0.25) is 5.69 Å². The van der Waals surface area contributed by atoms with Crippen LogP contribution in [-0.2, 0) is 0 Å². The average molecular weight is 311 g/mol. The van der Waals surface area contributed by atoms with Crippen LogP contribution in [0.1, 0.15) is 27.0 Å². The van der Waals surface area contributed by atoms with E-state index in [2.05, 4.69) is 0 Å². The van der Waals surface area contributed by atoms with E-state index in [-0.39, 0.29) is 11.5 Å². The lowest BCUT2D eigenvalue weighted by atomic mass is 9.99. The van der Waals surface area contributed by atoms with Gasteiger partial charge in [-0.1, -0.05) is 0 Å². The van der Waals surface area contributed by atoms with E-state index in [0.29, 0.717) is 33.1 Å². The van der Waals surface area contributed by atoms with E-state index < -0.39 is 0 Å². The second-order valence-corrected chi connectivity index (χ2v) is 5.53. The van der Waals surface area contributed by atoms with Gasteiger partial charge < -0.3 is 14.7 Å². The fourth-order valence-electron chi connectivity index (χ4n) is 2.68. The van der Waals surface area contributed by atoms with Crippen LogP contribution in [0.4, 0.5) is 5.69 Å². The van der Waals surface area contributed by atoms with E-state index in [9.17, 15) is 10.0 Å². The molecule has 23 heavy (non-hydrogen) atoms. The van der Waals surface area contributed by atoms with Crippen molar-refractivity contribution in [3.05, 3.63) is 57.8 Å². The maximum Gasteiger partial charge on any atom is 0.273 e. The van der Waals surface area contributed by atoms with Gasteiger partial charge in [-0.05, 0) is 43.2 Å². The molecular weight excluding hydrogens is 294 g/mol. The third kappa shape index (κ3) is 2.34. The molecule has 0 N–H and O–H groups in total. The van der Waals surface area contributed by atoms with Crippen molar-refractivity contribution in [2.45, 2.75) is 13.8 Å². The minimum Gasteiger partial charge on any atom is -0.618 e. The molecule has 0 saturated carbocycles. The number of hydrogen-bond acceptors (Lipinski definition) is 4. The first kappa shape index (κ1) is 15.1. The Kier molecular flexibility index (Phi) is 3.56. The number of benzene rings is 2. The minimum absolute atomic E-state index is 0.0854. The van der Waals surface area contributed by atoms with Crippen LogP contribution in [0.5, 0.6) is 11.5 Å². The molecule has 0 radical (unpaired) electrons. The number of methoxy groups -OCH3 is 2. The monoisotopic (exact) mass is 311 g/mol. The number of hydrogen-bond donors (Lipinski definition) is 0. The number of nitrogens with zero attached hydrogens (tertiary/aromatic N) is 1. The largest absolute Gasteiger partial charge is 0.618 e. The van der Waals surface area contributed by atoms with Crippen LogP contribution in [0.25, 0.3) is 0 Å². The summed E-state index contributed by atoms with van der Waals surface area (Å²) in [6, 6.07) is 8.53. The molecule has 0 bridgehead atoms. The van der Waals surface area contributed by atoms with Crippen molar-refractivity contribution in [1.29, 1.82) is 0 Å². The molecule has 1 aliphatic heterocycles. The smallest absolute Gasteiger partial charge is 0.273 e. The lowest BCUT2D eigenvalue weighted by Crippen LogP contribution is -2.16. The van der Waals surface area contributed by atoms with Crippen molar-refractivity contribution in [1.82, 2.24) is 0 Å². The highest BCUT2D eigenvalue weighted by molar-refractivity contribution is 6.52. The van der Waals surface area contributed by atoms with Crippen LogP contribution in [0.2, 0.25) is 0 Å². The molecule has 3 rings (SSSR count). The molecule has 0 saturated heterocycles. The number of ketones is 1. The normalized spacial score (nSPS) is 13.3. The fraction of sp³-hybridized carbons (Fsp3) is 0.222. The third-order valence-corrected chi connectivity index (χ3v) is 4.12. The lowest BCUT2D eigenvalue weighted by molar-refractivity contribution is -0.355. The molecule has 5 heteroatoms. The fourth-order valence-corrected chi connectivity index (χ4v) is 2.68. The SMILES string of the molecule is COc1cc(OC)cc(C2=[N+]([O-])c3cc(C)c(C)cc3C2=O)c1. The number of aryl methyl sites for hydroxylation is 2. The first-order chi connectivity index (χ1) is 11.0. The Morgan fingerprint density at radius 2 is 1.48 bits per heavy atom. The number of carbonyl (C=O) groups is 1. The molecule has 0 spiro atoms. The van der Waals surface area contributed by atoms with Gasteiger partial charge in [0, 0.05) is 12.1 Å². The first-order valence-electron chi connectivity index (χ1n) is 7.20. The molecule has 2 aromatic carbocycles. The summed E-state index contributed by atoms with van der Waals surface area (Å²) >= 11 is 0. The van der Waals surface area contributed by atoms with Crippen molar-refractivity contribution < 1.29 is 19.0 Å². The van der Waals surface area contributed by atoms with E-state index in [1.807, 2.05) is 13.8 Å². The third-order valence-electron chi connectivity index (χ3n) is 4.12. The molecule has 0 aliphatic carbocycles. The minimum atomic E-state index is -0.284. The van der Waals surface area contributed by atoms with Crippen LogP contribution in [0.15, 0.2) is 30.3 Å². The van der Waals surface area contributed by atoms with E-state index in [4.69, 9.17) is 9.47 Å². The van der Waals surface area contributed by atoms with Gasteiger partial charge in [0.25, 0.3) is 11.5 Å². The van der Waals surface area contributed by atoms with Crippen molar-refractivity contribution in [2.75, 3.05) is 14.2 Å². The Morgan fingerprint density at radius 1 is 0.913 bits per heavy atom. The summed E-state index contributed by atoms with van der Waals surface area (Å²) in [6.45, 7) is 3.84. The number of carbonyl (C=O) groups excluding carboxylic acids is 1. The summed E-state index contributed by atoms with van der Waals surface area (Å²) in [5, 5.41) is 12.6. The number of fused-ring (bicyclic) bond motifs is 1. The molecule has 1 heterocycles. The number of ether oxygens (including phenoxy) is 2. The molecule has 118 valence electrons. The zero-order valence-electron chi connectivity index (χ0n) is 13.5. The summed E-state index contributed by atoms with van der Waals surface area (Å²) in [7, 11) is 3.05. The number of rotatable bonds is 3. The number of Topliss-reactive ketones (excluding diaryl/α,β-unsaturated/α-hetero) is 1. The Balaban J connectivity index is 2.20. The summed E-state index contributed by atoms with van der Waals surface area (Å²) in [5.41, 5.74) is 3.33. The van der Waals surface area contributed by atoms with Crippen molar-refractivity contribution in [2.24, 2.45) is 0 Å². The molecule has 5 nitrogen and oxygen atoms in total. The van der Waals surface area contributed by atoms with E-state index in [1.165, 1.54) is 14.2 Å². The highest BCUT2D eigenvalue weighted by atomic mass is 16.5. The van der Waals surface area contributed by atoms with Gasteiger partial charge in [0.15, 0.2) is 0 Å². The summed E-state index contributed by atoms with van der Waals surface area (Å²) < 4.78 is 11.1. The Morgan fingerprint density at radius 3 is 2.04 bits per heavy atom. The molecule has 0 fully saturated rings. The molecule has 0 unspecified atom stereocenters. The average Bonchev–Trinajstić information content (AvgIpc) is 2.78. The Hall–Kier alpha value is -2.82. The van der Waals surface area contributed by atoms with Crippen LogP contribution in [0, 0.1) is 19.1 Å². The van der Waals surface area contributed by atoms with Crippen molar-refractivity contribution in [3.8, 4) is 11.5 Å². The van der Waals surface area contributed by atoms with Gasteiger partial charge >= 0.3 is 0 Å². The maximum absolute atomic E-state index is 12.7. The highest BCUT2D eigenvalue weighted by Crippen LogP contribution is 2.32. The predicted octanol–water partition coefficient (Wildman–Crippen LogP) is 3.15. The highest BCUT2D eigenvalue weighted by Gasteiger charge is 2.37. The predicted molar refractivity (Wildman–Crippen MR) is 87.2 cm³/mol. The van der Waals surface area contributed by atoms with Gasteiger partial charge in [-0.3, -0.25) is 4.79 Å². The second-order valence-electron chi connectivity index (χ2n) is 5.53. The van der Waals surface area contributed by atoms with Crippen molar-refractivity contribution >= 4 is 17.2 Å². The van der Waals surface area contributed by atoms with Gasteiger partial charge in [0.05, 0.1) is 19.8 Å². The molecule has 1 aliphatic rings. The lowest BCUT2D eigenvalue weighted by Gasteiger charge is -2.07. The Bertz CT molecular complexity index is 830. The van der Waals surface area contributed by atoms with Gasteiger partial charge in [-0.15, -0.1) is 0 Å². The summed E-state index contributed by atoms with van der Waals surface area (Å²) in [5.74, 6) is 0.765. The first-order valence-corrected chi connectivity index (χ1v) is 7.20. The summed E-state index contributed by atoms with van der Waals surface area (Å²) in [4.78, 5) is 12.7. The molecule has 0 aromatic heterocycles. The molecule has 0 atom stereocenters. The quantitative estimate of drug-likeness (QED) is 0.645. The Labute approximate surface area is 134 Å². The molecule has 0 amide bonds. The van der Waals surface area contributed by atoms with Crippen molar-refractivity contribution in [3.63, 3.8) is 0 Å². The van der Waals surface area contributed by atoms with Crippen LogP contribution in [-0.4, -0.2) is 30.5 Å². The standard InChI is InChI=1S/C18H17NO4/c1-10-5-15-16(6-11(10)2)19(21)17(18(15)20)12-7-13(22-3)9-14(8-12)23-4/h5-9H,1-4H3. The molecular formula is C18H17NO4. The molecule has 2 aromatic rings. The topological polar surface area (TPSA) is 61.6 Å². The van der Waals surface area contributed by atoms with Gasteiger partial charge in [-0.25, -0.2) is 0 Å². The van der Waals surface area contributed by atoms with E-state index >= 15 is 0 Å². The van der Waals surface area contributed by atoms with Crippen LogP contribution >= 0.6 is 0 Å². The second kappa shape index (κ2) is 5.43.